The summed E-state index contributed by atoms with van der Waals surface area (Å²) in [5.41, 5.74) is 4.16. The second-order valence-corrected chi connectivity index (χ2v) is 10.4. The Morgan fingerprint density at radius 3 is 2.39 bits per heavy atom. The Labute approximate surface area is 225 Å². The summed E-state index contributed by atoms with van der Waals surface area (Å²) in [6.45, 7) is 9.65. The third-order valence-electron chi connectivity index (χ3n) is 6.73. The molecule has 1 atom stereocenters. The zero-order valence-electron chi connectivity index (χ0n) is 23.2. The summed E-state index contributed by atoms with van der Waals surface area (Å²) in [4.78, 5) is 25.9. The number of phenolic OH excluding ortho intramolecular Hbond substituents is 1. The highest BCUT2D eigenvalue weighted by molar-refractivity contribution is 5.97. The van der Waals surface area contributed by atoms with Crippen LogP contribution in [0, 0.1) is 5.82 Å². The Hall–Kier alpha value is -3.41. The maximum absolute atomic E-state index is 13.7. The van der Waals surface area contributed by atoms with Crippen molar-refractivity contribution in [3.8, 4) is 11.5 Å². The van der Waals surface area contributed by atoms with Crippen molar-refractivity contribution in [3.05, 3.63) is 81.7 Å². The molecular formula is C32H39FO5. The van der Waals surface area contributed by atoms with Crippen LogP contribution in [0.4, 0.5) is 4.39 Å². The van der Waals surface area contributed by atoms with Gasteiger partial charge in [-0.15, -0.1) is 0 Å². The molecule has 0 amide bonds. The first kappa shape index (κ1) is 29.2. The van der Waals surface area contributed by atoms with Gasteiger partial charge >= 0.3 is 5.97 Å². The van der Waals surface area contributed by atoms with Crippen LogP contribution in [0.15, 0.2) is 53.6 Å². The summed E-state index contributed by atoms with van der Waals surface area (Å²) >= 11 is 0. The lowest BCUT2D eigenvalue weighted by Crippen LogP contribution is -2.44. The molecule has 2 aromatic carbocycles. The number of carbonyl (C=O) groups is 2. The van der Waals surface area contributed by atoms with Crippen LogP contribution < -0.4 is 4.74 Å². The number of rotatable bonds is 12. The van der Waals surface area contributed by atoms with Gasteiger partial charge in [-0.2, -0.15) is 0 Å². The first-order valence-electron chi connectivity index (χ1n) is 13.4. The van der Waals surface area contributed by atoms with Crippen LogP contribution in [-0.2, 0) is 28.2 Å². The monoisotopic (exact) mass is 522 g/mol. The van der Waals surface area contributed by atoms with Gasteiger partial charge in [0.15, 0.2) is 0 Å². The Morgan fingerprint density at radius 1 is 1.05 bits per heavy atom. The lowest BCUT2D eigenvalue weighted by molar-refractivity contribution is -0.172. The van der Waals surface area contributed by atoms with Gasteiger partial charge in [0.25, 0.3) is 5.79 Å². The summed E-state index contributed by atoms with van der Waals surface area (Å²) in [6.07, 6.45) is 9.50. The zero-order chi connectivity index (χ0) is 27.9. The van der Waals surface area contributed by atoms with E-state index in [0.29, 0.717) is 29.5 Å². The molecule has 2 aromatic rings. The number of aromatic hydroxyl groups is 1. The van der Waals surface area contributed by atoms with Crippen LogP contribution in [-0.4, -0.2) is 16.9 Å². The summed E-state index contributed by atoms with van der Waals surface area (Å²) < 4.78 is 26.0. The molecule has 6 heteroatoms. The van der Waals surface area contributed by atoms with Crippen molar-refractivity contribution in [2.45, 2.75) is 91.8 Å². The Bertz CT molecular complexity index is 1220. The zero-order valence-corrected chi connectivity index (χ0v) is 23.2. The van der Waals surface area contributed by atoms with Crippen LogP contribution in [0.2, 0.25) is 0 Å². The number of cyclic esters (lactones) is 1. The topological polar surface area (TPSA) is 72.8 Å². The normalized spacial score (nSPS) is 16.9. The maximum Gasteiger partial charge on any atom is 0.345 e. The molecule has 0 aromatic heterocycles. The molecular weight excluding hydrogens is 483 g/mol. The van der Waals surface area contributed by atoms with Gasteiger partial charge in [-0.3, -0.25) is 4.79 Å². The van der Waals surface area contributed by atoms with Crippen molar-refractivity contribution in [1.29, 1.82) is 0 Å². The number of fused-ring (bicyclic) bond motifs is 1. The predicted molar refractivity (Wildman–Crippen MR) is 147 cm³/mol. The van der Waals surface area contributed by atoms with E-state index >= 15 is 0 Å². The third-order valence-corrected chi connectivity index (χ3v) is 6.73. The molecule has 0 aliphatic carbocycles. The number of ketones is 1. The van der Waals surface area contributed by atoms with Crippen LogP contribution in [0.3, 0.4) is 0 Å². The Morgan fingerprint density at radius 2 is 1.76 bits per heavy atom. The number of halogens is 1. The van der Waals surface area contributed by atoms with Crippen LogP contribution in [0.25, 0.3) is 0 Å². The van der Waals surface area contributed by atoms with Gasteiger partial charge in [0.2, 0.25) is 0 Å². The number of ether oxygens (including phenoxy) is 2. The maximum atomic E-state index is 13.7. The second kappa shape index (κ2) is 12.9. The molecule has 1 N–H and O–H groups in total. The van der Waals surface area contributed by atoms with Crippen molar-refractivity contribution >= 4 is 11.8 Å². The number of aryl methyl sites for hydroxylation is 1. The third kappa shape index (κ3) is 7.12. The van der Waals surface area contributed by atoms with Gasteiger partial charge in [0.05, 0.1) is 6.42 Å². The van der Waals surface area contributed by atoms with Crippen molar-refractivity contribution in [2.24, 2.45) is 0 Å². The summed E-state index contributed by atoms with van der Waals surface area (Å²) in [5.74, 6) is -2.82. The van der Waals surface area contributed by atoms with E-state index in [9.17, 15) is 19.1 Å². The van der Waals surface area contributed by atoms with Crippen molar-refractivity contribution < 1.29 is 28.6 Å². The number of hydrogen-bond acceptors (Lipinski definition) is 5. The molecule has 204 valence electrons. The van der Waals surface area contributed by atoms with Gasteiger partial charge in [0.1, 0.15) is 28.7 Å². The minimum atomic E-state index is -1.75. The molecule has 5 nitrogen and oxygen atoms in total. The number of esters is 1. The predicted octanol–water partition coefficient (Wildman–Crippen LogP) is 7.88. The average molecular weight is 523 g/mol. The molecule has 38 heavy (non-hydrogen) atoms. The molecule has 0 saturated carbocycles. The highest BCUT2D eigenvalue weighted by Crippen LogP contribution is 2.46. The number of Topliss-reactive ketones (excluding diaryl/α,β-unsaturated/α-hetero) is 1. The molecule has 1 heterocycles. The summed E-state index contributed by atoms with van der Waals surface area (Å²) in [6, 6.07) is 7.02. The van der Waals surface area contributed by atoms with Gasteiger partial charge in [-0.25, -0.2) is 9.18 Å². The van der Waals surface area contributed by atoms with E-state index in [1.54, 1.807) is 6.07 Å². The van der Waals surface area contributed by atoms with Crippen molar-refractivity contribution in [3.63, 3.8) is 0 Å². The van der Waals surface area contributed by atoms with Crippen LogP contribution in [0.5, 0.6) is 11.5 Å². The molecule has 0 spiro atoms. The smallest absolute Gasteiger partial charge is 0.345 e. The standard InChI is InChI=1S/C32H39FO5/c1-6-7-8-12-24-19-28(35)27(18-13-22(4)11-9-10-21(2)3)30-29(24)31(36)38-32(37-30,20-23(5)34)25-14-16-26(33)17-15-25/h10,13-17,19,35H,6-9,11-12,18,20H2,1-5H3. The number of hydrogen-bond donors (Lipinski definition) is 1. The van der Waals surface area contributed by atoms with E-state index in [4.69, 9.17) is 9.47 Å². The van der Waals surface area contributed by atoms with Gasteiger partial charge in [-0.1, -0.05) is 43.1 Å². The molecule has 0 fully saturated rings. The number of unbranched alkanes of at least 4 members (excludes halogenated alkanes) is 2. The van der Waals surface area contributed by atoms with Crippen LogP contribution >= 0.6 is 0 Å². The molecule has 0 saturated heterocycles. The van der Waals surface area contributed by atoms with E-state index in [1.165, 1.54) is 36.8 Å². The number of allylic oxidation sites excluding steroid dienone is 4. The number of benzene rings is 2. The average Bonchev–Trinajstić information content (AvgIpc) is 2.83. The quantitative estimate of drug-likeness (QED) is 0.174. The largest absolute Gasteiger partial charge is 0.508 e. The Kier molecular flexibility index (Phi) is 9.90. The van der Waals surface area contributed by atoms with E-state index in [2.05, 4.69) is 26.8 Å². The lowest BCUT2D eigenvalue weighted by Gasteiger charge is -2.39. The minimum Gasteiger partial charge on any atom is -0.508 e. The number of carbonyl (C=O) groups excluding carboxylic acids is 2. The van der Waals surface area contributed by atoms with Gasteiger partial charge in [-0.05, 0) is 95.7 Å². The van der Waals surface area contributed by atoms with Gasteiger partial charge < -0.3 is 14.6 Å². The SMILES string of the molecule is CCCCCc1cc(O)c(CC=C(C)CCC=C(C)C)c2c1C(=O)OC(CC(C)=O)(c1ccc(F)cc1)O2. The van der Waals surface area contributed by atoms with E-state index in [0.717, 1.165) is 37.7 Å². The number of phenols is 1. The Balaban J connectivity index is 2.11. The second-order valence-electron chi connectivity index (χ2n) is 10.4. The van der Waals surface area contributed by atoms with E-state index in [-0.39, 0.29) is 29.3 Å². The highest BCUT2D eigenvalue weighted by atomic mass is 19.1. The first-order chi connectivity index (χ1) is 18.1. The molecule has 1 aliphatic heterocycles. The molecule has 0 radical (unpaired) electrons. The molecule has 1 unspecified atom stereocenters. The van der Waals surface area contributed by atoms with Crippen molar-refractivity contribution in [1.82, 2.24) is 0 Å². The first-order valence-corrected chi connectivity index (χ1v) is 13.4. The van der Waals surface area contributed by atoms with Crippen molar-refractivity contribution in [2.75, 3.05) is 0 Å². The molecule has 1 aliphatic rings. The highest BCUT2D eigenvalue weighted by Gasteiger charge is 2.47. The summed E-state index contributed by atoms with van der Waals surface area (Å²) in [7, 11) is 0. The fraction of sp³-hybridized carbons (Fsp3) is 0.438. The van der Waals surface area contributed by atoms with Gasteiger partial charge in [0, 0.05) is 11.1 Å². The van der Waals surface area contributed by atoms with E-state index < -0.39 is 17.6 Å². The van der Waals surface area contributed by atoms with Crippen LogP contribution in [0.1, 0.15) is 100 Å². The molecule has 3 rings (SSSR count). The fourth-order valence-electron chi connectivity index (χ4n) is 4.71. The lowest BCUT2D eigenvalue weighted by atomic mass is 9.92. The fourth-order valence-corrected chi connectivity index (χ4v) is 4.71. The van der Waals surface area contributed by atoms with E-state index in [1.807, 2.05) is 13.0 Å². The minimum absolute atomic E-state index is 0.0362. The molecule has 0 bridgehead atoms. The summed E-state index contributed by atoms with van der Waals surface area (Å²) in [5, 5.41) is 11.1.